The Bertz CT molecular complexity index is 1020. The van der Waals surface area contributed by atoms with Crippen LogP contribution >= 0.6 is 10.7 Å². The number of aryl methyl sites for hydroxylation is 4. The average molecular weight is 385 g/mol. The van der Waals surface area contributed by atoms with Gasteiger partial charge in [0.25, 0.3) is 0 Å². The Labute approximate surface area is 150 Å². The third-order valence-electron chi connectivity index (χ3n) is 4.44. The zero-order valence-electron chi connectivity index (χ0n) is 14.5. The molecule has 0 saturated carbocycles. The zero-order chi connectivity index (χ0) is 18.2. The number of hydrogen-bond acceptors (Lipinski definition) is 6. The van der Waals surface area contributed by atoms with Crippen molar-refractivity contribution in [3.63, 3.8) is 0 Å². The molecule has 3 aromatic heterocycles. The minimum Gasteiger partial charge on any atom is -0.328 e. The van der Waals surface area contributed by atoms with E-state index in [9.17, 15) is 8.42 Å². The monoisotopic (exact) mass is 384 g/mol. The highest BCUT2D eigenvalue weighted by Gasteiger charge is 2.19. The van der Waals surface area contributed by atoms with Gasteiger partial charge in [-0.2, -0.15) is 4.52 Å². The van der Waals surface area contributed by atoms with E-state index in [1.165, 1.54) is 0 Å². The second kappa shape index (κ2) is 6.87. The van der Waals surface area contributed by atoms with E-state index in [0.717, 1.165) is 41.0 Å². The van der Waals surface area contributed by atoms with Crippen LogP contribution in [0.2, 0.25) is 0 Å². The third-order valence-corrected chi connectivity index (χ3v) is 5.68. The van der Waals surface area contributed by atoms with Crippen LogP contribution in [0, 0.1) is 13.8 Å². The van der Waals surface area contributed by atoms with Gasteiger partial charge < -0.3 is 4.57 Å². The van der Waals surface area contributed by atoms with Crippen molar-refractivity contribution in [1.82, 2.24) is 29.6 Å². The lowest BCUT2D eigenvalue weighted by Gasteiger charge is -2.11. The van der Waals surface area contributed by atoms with Gasteiger partial charge in [0.15, 0.2) is 0 Å². The number of aromatic nitrogens is 6. The molecule has 0 aliphatic rings. The highest BCUT2D eigenvalue weighted by molar-refractivity contribution is 8.13. The molecule has 0 saturated heterocycles. The average Bonchev–Trinajstić information content (AvgIpc) is 3.14. The quantitative estimate of drug-likeness (QED) is 0.458. The predicted molar refractivity (Wildman–Crippen MR) is 96.4 cm³/mol. The van der Waals surface area contributed by atoms with Gasteiger partial charge in [-0.15, -0.1) is 5.10 Å². The molecule has 3 heterocycles. The highest BCUT2D eigenvalue weighted by atomic mass is 35.7. The number of rotatable bonds is 7. The van der Waals surface area contributed by atoms with Crippen LogP contribution in [0.5, 0.6) is 0 Å². The van der Waals surface area contributed by atoms with Crippen LogP contribution in [-0.2, 0) is 22.0 Å². The Morgan fingerprint density at radius 3 is 2.64 bits per heavy atom. The summed E-state index contributed by atoms with van der Waals surface area (Å²) in [5.74, 6) is 0.963. The van der Waals surface area contributed by atoms with Crippen LogP contribution in [0.25, 0.3) is 16.7 Å². The normalized spacial score (nSPS) is 12.5. The molecular formula is C15H21ClN6O2S. The van der Waals surface area contributed by atoms with Crippen molar-refractivity contribution in [1.29, 1.82) is 0 Å². The first-order valence-electron chi connectivity index (χ1n) is 8.32. The fraction of sp³-hybridized carbons (Fsp3) is 0.600. The van der Waals surface area contributed by atoms with Gasteiger partial charge >= 0.3 is 0 Å². The van der Waals surface area contributed by atoms with Crippen molar-refractivity contribution in [2.75, 3.05) is 5.75 Å². The summed E-state index contributed by atoms with van der Waals surface area (Å²) in [5, 5.41) is 11.9. The fourth-order valence-corrected chi connectivity index (χ4v) is 4.00. The Morgan fingerprint density at radius 2 is 1.96 bits per heavy atom. The molecule has 0 aromatic carbocycles. The molecule has 25 heavy (non-hydrogen) atoms. The summed E-state index contributed by atoms with van der Waals surface area (Å²) in [6.07, 6.45) is 3.04. The summed E-state index contributed by atoms with van der Waals surface area (Å²) in [7, 11) is 1.85. The van der Waals surface area contributed by atoms with E-state index < -0.39 is 9.05 Å². The molecule has 0 radical (unpaired) electrons. The van der Waals surface area contributed by atoms with Gasteiger partial charge in [-0.3, -0.25) is 0 Å². The topological polar surface area (TPSA) is 95.0 Å². The van der Waals surface area contributed by atoms with Gasteiger partial charge in [0.1, 0.15) is 11.3 Å². The molecule has 10 heteroatoms. The van der Waals surface area contributed by atoms with E-state index in [4.69, 9.17) is 15.7 Å². The molecule has 8 nitrogen and oxygen atoms in total. The van der Waals surface area contributed by atoms with E-state index in [1.807, 2.05) is 13.8 Å². The van der Waals surface area contributed by atoms with Crippen molar-refractivity contribution in [3.05, 3.63) is 17.1 Å². The van der Waals surface area contributed by atoms with Gasteiger partial charge in [0.05, 0.1) is 11.3 Å². The van der Waals surface area contributed by atoms with Crippen LogP contribution in [0.4, 0.5) is 0 Å². The number of halogens is 1. The van der Waals surface area contributed by atoms with Crippen molar-refractivity contribution >= 4 is 36.4 Å². The molecular weight excluding hydrogens is 364 g/mol. The molecule has 0 atom stereocenters. The van der Waals surface area contributed by atoms with Crippen molar-refractivity contribution in [3.8, 4) is 0 Å². The number of hydrogen-bond donors (Lipinski definition) is 0. The number of unbranched alkanes of at least 4 members (excludes halogenated alkanes) is 1. The van der Waals surface area contributed by atoms with Crippen LogP contribution in [0.3, 0.4) is 0 Å². The molecule has 0 unspecified atom stereocenters. The largest absolute Gasteiger partial charge is 0.328 e. The second-order valence-corrected chi connectivity index (χ2v) is 9.10. The maximum absolute atomic E-state index is 11.1. The minimum absolute atomic E-state index is 0.0132. The Kier molecular flexibility index (Phi) is 4.97. The first-order valence-corrected chi connectivity index (χ1v) is 10.8. The summed E-state index contributed by atoms with van der Waals surface area (Å²) >= 11 is 0. The van der Waals surface area contributed by atoms with Crippen LogP contribution < -0.4 is 0 Å². The molecule has 0 amide bonds. The number of nitrogens with zero attached hydrogens (tertiary/aromatic N) is 6. The van der Waals surface area contributed by atoms with Crippen molar-refractivity contribution in [2.24, 2.45) is 0 Å². The SMILES string of the molecule is CCCc1nc2c(c(C)c(C)n3nnnc23)n1CCCCS(=O)(=O)Cl. The predicted octanol–water partition coefficient (Wildman–Crippen LogP) is 2.39. The molecule has 136 valence electrons. The first-order chi connectivity index (χ1) is 11.8. The van der Waals surface area contributed by atoms with E-state index in [0.29, 0.717) is 25.0 Å². The molecule has 0 bridgehead atoms. The Hall–Kier alpha value is -1.74. The molecule has 3 rings (SSSR count). The molecule has 0 N–H and O–H groups in total. The lowest BCUT2D eigenvalue weighted by atomic mass is 10.2. The number of tetrazole rings is 1. The maximum Gasteiger partial charge on any atom is 0.232 e. The Morgan fingerprint density at radius 1 is 1.20 bits per heavy atom. The molecule has 0 aliphatic heterocycles. The second-order valence-electron chi connectivity index (χ2n) is 6.20. The summed E-state index contributed by atoms with van der Waals surface area (Å²) in [4.78, 5) is 4.79. The number of fused-ring (bicyclic) bond motifs is 3. The third kappa shape index (κ3) is 3.48. The number of imidazole rings is 1. The summed E-state index contributed by atoms with van der Waals surface area (Å²) in [5.41, 5.74) is 4.52. The molecule has 0 aliphatic carbocycles. The number of pyridine rings is 1. The standard InChI is InChI=1S/C15H21ClN6O2S/c1-4-7-12-17-13-14(21(12)8-5-6-9-25(16,23)24)10(2)11(3)22-15(13)18-19-20-22/h4-9H2,1-3H3. The van der Waals surface area contributed by atoms with Crippen molar-refractivity contribution < 1.29 is 8.42 Å². The van der Waals surface area contributed by atoms with Gasteiger partial charge in [-0.05, 0) is 49.1 Å². The van der Waals surface area contributed by atoms with Crippen LogP contribution in [0.1, 0.15) is 43.3 Å². The smallest absolute Gasteiger partial charge is 0.232 e. The van der Waals surface area contributed by atoms with E-state index in [1.54, 1.807) is 4.52 Å². The van der Waals surface area contributed by atoms with Gasteiger partial charge in [-0.1, -0.05) is 6.92 Å². The first kappa shape index (κ1) is 18.1. The fourth-order valence-electron chi connectivity index (χ4n) is 3.13. The van der Waals surface area contributed by atoms with Gasteiger partial charge in [0.2, 0.25) is 14.7 Å². The molecule has 3 aromatic rings. The summed E-state index contributed by atoms with van der Waals surface area (Å²) in [6.45, 7) is 6.82. The molecule has 0 fully saturated rings. The highest BCUT2D eigenvalue weighted by Crippen LogP contribution is 2.27. The lowest BCUT2D eigenvalue weighted by molar-refractivity contribution is 0.589. The van der Waals surface area contributed by atoms with Crippen LogP contribution in [0.15, 0.2) is 0 Å². The van der Waals surface area contributed by atoms with E-state index >= 15 is 0 Å². The van der Waals surface area contributed by atoms with E-state index in [2.05, 4.69) is 27.0 Å². The Balaban J connectivity index is 2.05. The minimum atomic E-state index is -3.45. The van der Waals surface area contributed by atoms with E-state index in [-0.39, 0.29) is 5.75 Å². The molecule has 0 spiro atoms. The zero-order valence-corrected chi connectivity index (χ0v) is 16.1. The summed E-state index contributed by atoms with van der Waals surface area (Å²) in [6, 6.07) is 0. The maximum atomic E-state index is 11.1. The summed E-state index contributed by atoms with van der Waals surface area (Å²) < 4.78 is 26.1. The lowest BCUT2D eigenvalue weighted by Crippen LogP contribution is -2.08. The van der Waals surface area contributed by atoms with Crippen LogP contribution in [-0.4, -0.2) is 43.8 Å². The van der Waals surface area contributed by atoms with Gasteiger partial charge in [0, 0.05) is 29.3 Å². The van der Waals surface area contributed by atoms with Crippen molar-refractivity contribution in [2.45, 2.75) is 53.0 Å². The van der Waals surface area contributed by atoms with Gasteiger partial charge in [-0.25, -0.2) is 13.4 Å².